The van der Waals surface area contributed by atoms with Crippen LogP contribution in [0.2, 0.25) is 0 Å². The van der Waals surface area contributed by atoms with Crippen molar-refractivity contribution in [3.05, 3.63) is 64.5 Å². The molecule has 166 valence electrons. The summed E-state index contributed by atoms with van der Waals surface area (Å²) in [6.07, 6.45) is 1.66. The summed E-state index contributed by atoms with van der Waals surface area (Å²) in [5, 5.41) is 4.45. The molecule has 2 aliphatic rings. The first-order chi connectivity index (χ1) is 15.2. The zero-order valence-electron chi connectivity index (χ0n) is 17.2. The molecule has 0 spiro atoms. The van der Waals surface area contributed by atoms with Gasteiger partial charge in [0.1, 0.15) is 11.7 Å². The van der Waals surface area contributed by atoms with Crippen LogP contribution < -0.4 is 10.6 Å². The Hall–Kier alpha value is -3.69. The summed E-state index contributed by atoms with van der Waals surface area (Å²) in [6, 6.07) is 6.57. The van der Waals surface area contributed by atoms with Crippen molar-refractivity contribution in [3.8, 4) is 0 Å². The zero-order chi connectivity index (χ0) is 23.0. The van der Waals surface area contributed by atoms with Gasteiger partial charge in [0.15, 0.2) is 0 Å². The molecular formula is C22H20F2N4O4. The summed E-state index contributed by atoms with van der Waals surface area (Å²) in [5.74, 6) is -6.48. The average Bonchev–Trinajstić information content (AvgIpc) is 3.08. The van der Waals surface area contributed by atoms with Crippen LogP contribution in [-0.2, 0) is 33.4 Å². The third-order valence-corrected chi connectivity index (χ3v) is 5.56. The van der Waals surface area contributed by atoms with Crippen molar-refractivity contribution in [2.24, 2.45) is 0 Å². The molecule has 0 saturated carbocycles. The van der Waals surface area contributed by atoms with Crippen molar-refractivity contribution >= 4 is 23.6 Å². The van der Waals surface area contributed by atoms with E-state index in [1.165, 1.54) is 17.2 Å². The molecule has 10 heteroatoms. The van der Waals surface area contributed by atoms with Crippen LogP contribution >= 0.6 is 0 Å². The Morgan fingerprint density at radius 3 is 2.72 bits per heavy atom. The second-order valence-electron chi connectivity index (χ2n) is 7.87. The zero-order valence-corrected chi connectivity index (χ0v) is 17.2. The molecule has 0 radical (unpaired) electrons. The first kappa shape index (κ1) is 21.5. The Bertz CT molecular complexity index is 1120. The number of rotatable bonds is 5. The number of nitrogens with one attached hydrogen (secondary N) is 2. The van der Waals surface area contributed by atoms with E-state index in [-0.39, 0.29) is 37.7 Å². The standard InChI is InChI=1S/C22H20F2N4O4/c1-12-2-6-17(25-9-12)22(23,24)21(32)26-10-13-3-4-15-14(8-13)11-28(20(15)31)16-5-7-18(29)27-19(16)30/h2-4,6,8-9,16H,5,7,10-11H2,1H3,(H,26,32)(H,27,29,30)/t16-/m1/s1. The second kappa shape index (κ2) is 8.10. The monoisotopic (exact) mass is 442 g/mol. The van der Waals surface area contributed by atoms with Gasteiger partial charge >= 0.3 is 5.92 Å². The highest BCUT2D eigenvalue weighted by Crippen LogP contribution is 2.29. The van der Waals surface area contributed by atoms with E-state index in [2.05, 4.69) is 15.6 Å². The Balaban J connectivity index is 1.43. The maximum atomic E-state index is 14.4. The minimum atomic E-state index is -3.79. The van der Waals surface area contributed by atoms with Crippen molar-refractivity contribution < 1.29 is 28.0 Å². The predicted octanol–water partition coefficient (Wildman–Crippen LogP) is 1.56. The summed E-state index contributed by atoms with van der Waals surface area (Å²) in [5.41, 5.74) is 1.61. The van der Waals surface area contributed by atoms with Crippen molar-refractivity contribution in [1.82, 2.24) is 20.5 Å². The lowest BCUT2D eigenvalue weighted by molar-refractivity contribution is -0.147. The number of piperidine rings is 1. The molecule has 1 aromatic carbocycles. The third-order valence-electron chi connectivity index (χ3n) is 5.56. The van der Waals surface area contributed by atoms with Crippen LogP contribution in [0.3, 0.4) is 0 Å². The number of benzene rings is 1. The highest BCUT2D eigenvalue weighted by atomic mass is 19.3. The average molecular weight is 442 g/mol. The number of carbonyl (C=O) groups is 4. The second-order valence-corrected chi connectivity index (χ2v) is 7.87. The molecule has 32 heavy (non-hydrogen) atoms. The number of nitrogens with zero attached hydrogens (tertiary/aromatic N) is 2. The number of hydrogen-bond acceptors (Lipinski definition) is 5. The first-order valence-electron chi connectivity index (χ1n) is 10.0. The van der Waals surface area contributed by atoms with E-state index in [1.807, 2.05) is 0 Å². The SMILES string of the molecule is Cc1ccc(C(F)(F)C(=O)NCc2ccc3c(c2)CN([C@@H]2CCC(=O)NC2=O)C3=O)nc1. The topological polar surface area (TPSA) is 108 Å². The number of hydrogen-bond donors (Lipinski definition) is 2. The molecule has 2 N–H and O–H groups in total. The summed E-state index contributed by atoms with van der Waals surface area (Å²) in [4.78, 5) is 53.3. The van der Waals surface area contributed by atoms with E-state index in [9.17, 15) is 28.0 Å². The molecule has 1 fully saturated rings. The Kier molecular flexibility index (Phi) is 5.45. The Labute approximate surface area is 182 Å². The Morgan fingerprint density at radius 2 is 2.03 bits per heavy atom. The van der Waals surface area contributed by atoms with Crippen LogP contribution in [0.25, 0.3) is 0 Å². The lowest BCUT2D eigenvalue weighted by Crippen LogP contribution is -2.52. The number of aryl methyl sites for hydroxylation is 1. The number of amides is 4. The van der Waals surface area contributed by atoms with Gasteiger partial charge in [0.2, 0.25) is 11.8 Å². The molecular weight excluding hydrogens is 422 g/mol. The van der Waals surface area contributed by atoms with Crippen molar-refractivity contribution in [2.75, 3.05) is 0 Å². The van der Waals surface area contributed by atoms with Crippen LogP contribution in [0, 0.1) is 6.92 Å². The minimum Gasteiger partial charge on any atom is -0.346 e. The largest absolute Gasteiger partial charge is 0.366 e. The summed E-state index contributed by atoms with van der Waals surface area (Å²) in [6.45, 7) is 1.70. The van der Waals surface area contributed by atoms with Gasteiger partial charge in [0, 0.05) is 31.3 Å². The van der Waals surface area contributed by atoms with E-state index in [0.717, 1.165) is 6.07 Å². The number of alkyl halides is 2. The molecule has 4 rings (SSSR count). The molecule has 0 aliphatic carbocycles. The van der Waals surface area contributed by atoms with Gasteiger partial charge in [-0.15, -0.1) is 0 Å². The van der Waals surface area contributed by atoms with E-state index in [4.69, 9.17) is 0 Å². The van der Waals surface area contributed by atoms with Crippen LogP contribution in [-0.4, -0.2) is 39.6 Å². The lowest BCUT2D eigenvalue weighted by Gasteiger charge is -2.29. The molecule has 2 aliphatic heterocycles. The number of halogens is 2. The molecule has 1 atom stereocenters. The smallest absolute Gasteiger partial charge is 0.346 e. The van der Waals surface area contributed by atoms with E-state index >= 15 is 0 Å². The van der Waals surface area contributed by atoms with Gasteiger partial charge in [-0.05, 0) is 42.2 Å². The van der Waals surface area contributed by atoms with E-state index in [0.29, 0.717) is 22.3 Å². The van der Waals surface area contributed by atoms with E-state index in [1.54, 1.807) is 25.1 Å². The fraction of sp³-hybridized carbons (Fsp3) is 0.318. The number of imide groups is 1. The highest BCUT2D eigenvalue weighted by Gasteiger charge is 2.42. The summed E-state index contributed by atoms with van der Waals surface area (Å²) in [7, 11) is 0. The fourth-order valence-electron chi connectivity index (χ4n) is 3.80. The van der Waals surface area contributed by atoms with Crippen molar-refractivity contribution in [3.63, 3.8) is 0 Å². The summed E-state index contributed by atoms with van der Waals surface area (Å²) < 4.78 is 28.8. The van der Waals surface area contributed by atoms with Gasteiger partial charge in [0.25, 0.3) is 11.8 Å². The minimum absolute atomic E-state index is 0.151. The first-order valence-corrected chi connectivity index (χ1v) is 10.0. The van der Waals surface area contributed by atoms with Gasteiger partial charge in [-0.3, -0.25) is 29.5 Å². The van der Waals surface area contributed by atoms with Gasteiger partial charge in [0.05, 0.1) is 0 Å². The number of carbonyl (C=O) groups excluding carboxylic acids is 4. The van der Waals surface area contributed by atoms with Crippen LogP contribution in [0.1, 0.15) is 45.6 Å². The molecule has 1 aromatic heterocycles. The highest BCUT2D eigenvalue weighted by molar-refractivity contribution is 6.05. The molecule has 4 amide bonds. The lowest BCUT2D eigenvalue weighted by atomic mass is 10.0. The van der Waals surface area contributed by atoms with Crippen molar-refractivity contribution in [2.45, 2.75) is 44.8 Å². The molecule has 3 heterocycles. The molecule has 0 unspecified atom stereocenters. The molecule has 0 bridgehead atoms. The number of fused-ring (bicyclic) bond motifs is 1. The normalized spacial score (nSPS) is 18.4. The maximum Gasteiger partial charge on any atom is 0.366 e. The van der Waals surface area contributed by atoms with Gasteiger partial charge in [-0.25, -0.2) is 0 Å². The van der Waals surface area contributed by atoms with Gasteiger partial charge < -0.3 is 10.2 Å². The molecule has 1 saturated heterocycles. The molecule has 8 nitrogen and oxygen atoms in total. The van der Waals surface area contributed by atoms with Crippen LogP contribution in [0.5, 0.6) is 0 Å². The third kappa shape index (κ3) is 3.95. The van der Waals surface area contributed by atoms with Crippen molar-refractivity contribution in [1.29, 1.82) is 0 Å². The maximum absolute atomic E-state index is 14.4. The number of aromatic nitrogens is 1. The predicted molar refractivity (Wildman–Crippen MR) is 107 cm³/mol. The summed E-state index contributed by atoms with van der Waals surface area (Å²) >= 11 is 0. The van der Waals surface area contributed by atoms with Gasteiger partial charge in [-0.2, -0.15) is 8.78 Å². The molecule has 2 aromatic rings. The number of pyridine rings is 1. The van der Waals surface area contributed by atoms with Gasteiger partial charge in [-0.1, -0.05) is 18.2 Å². The van der Waals surface area contributed by atoms with E-state index < -0.39 is 29.5 Å². The van der Waals surface area contributed by atoms with Crippen LogP contribution in [0.15, 0.2) is 36.5 Å². The van der Waals surface area contributed by atoms with Crippen LogP contribution in [0.4, 0.5) is 8.78 Å². The quantitative estimate of drug-likeness (QED) is 0.684. The Morgan fingerprint density at radius 1 is 1.25 bits per heavy atom. The fourth-order valence-corrected chi connectivity index (χ4v) is 3.80.